The van der Waals surface area contributed by atoms with Gasteiger partial charge in [0.05, 0.1) is 6.33 Å². The molecule has 0 bridgehead atoms. The molecule has 0 unspecified atom stereocenters. The third-order valence-electron chi connectivity index (χ3n) is 3.44. The topological polar surface area (TPSA) is 219 Å². The second-order valence-corrected chi connectivity index (χ2v) is 6.35. The van der Waals surface area contributed by atoms with Crippen LogP contribution in [0.2, 0.25) is 0 Å². The summed E-state index contributed by atoms with van der Waals surface area (Å²) in [5.41, 5.74) is 17.2. The van der Waals surface area contributed by atoms with Gasteiger partial charge in [0, 0.05) is 24.1 Å². The Morgan fingerprint density at radius 1 is 0.900 bits per heavy atom. The highest BCUT2D eigenvalue weighted by Crippen LogP contribution is 2.01. The van der Waals surface area contributed by atoms with Crippen LogP contribution in [0.15, 0.2) is 42.9 Å². The van der Waals surface area contributed by atoms with E-state index in [1.54, 1.807) is 6.20 Å². The van der Waals surface area contributed by atoms with E-state index in [-0.39, 0.29) is 12.2 Å². The van der Waals surface area contributed by atoms with E-state index < -0.39 is 36.0 Å². The lowest BCUT2D eigenvalue weighted by atomic mass is 10.1. The molecule has 0 saturated carbocycles. The Morgan fingerprint density at radius 3 is 1.77 bits per heavy atom. The first kappa shape index (κ1) is 27.1. The van der Waals surface area contributed by atoms with Gasteiger partial charge in [-0.1, -0.05) is 30.3 Å². The molecular formula is C18H27N5O6S. The van der Waals surface area contributed by atoms with Gasteiger partial charge in [-0.15, -0.1) is 0 Å². The average Bonchev–Trinajstić information content (AvgIpc) is 3.21. The van der Waals surface area contributed by atoms with Gasteiger partial charge in [0.1, 0.15) is 18.1 Å². The summed E-state index contributed by atoms with van der Waals surface area (Å²) in [4.78, 5) is 36.9. The maximum absolute atomic E-state index is 10.4. The van der Waals surface area contributed by atoms with Crippen molar-refractivity contribution in [2.45, 2.75) is 31.0 Å². The van der Waals surface area contributed by atoms with E-state index in [0.717, 1.165) is 11.3 Å². The van der Waals surface area contributed by atoms with Crippen LogP contribution >= 0.6 is 12.6 Å². The Hall–Kier alpha value is -2.93. The van der Waals surface area contributed by atoms with Crippen LogP contribution in [0.5, 0.6) is 0 Å². The molecule has 166 valence electrons. The summed E-state index contributed by atoms with van der Waals surface area (Å²) in [6.45, 7) is 0. The fourth-order valence-corrected chi connectivity index (χ4v) is 1.91. The minimum absolute atomic E-state index is 0.190. The molecule has 12 heteroatoms. The number of carboxylic acids is 3. The molecular weight excluding hydrogens is 414 g/mol. The molecule has 0 aliphatic heterocycles. The first-order valence-corrected chi connectivity index (χ1v) is 9.28. The van der Waals surface area contributed by atoms with Crippen LogP contribution in [-0.4, -0.2) is 67.1 Å². The van der Waals surface area contributed by atoms with Crippen LogP contribution in [0.1, 0.15) is 11.3 Å². The fourth-order valence-electron chi connectivity index (χ4n) is 1.75. The number of hydrogen-bond donors (Lipinski definition) is 8. The van der Waals surface area contributed by atoms with Gasteiger partial charge >= 0.3 is 17.9 Å². The van der Waals surface area contributed by atoms with Crippen molar-refractivity contribution in [3.05, 3.63) is 54.1 Å². The molecule has 11 nitrogen and oxygen atoms in total. The number of rotatable bonds is 8. The summed E-state index contributed by atoms with van der Waals surface area (Å²) >= 11 is 3.65. The number of thiol groups is 1. The molecule has 0 amide bonds. The SMILES string of the molecule is N[C@@H](CS)C(=O)O.N[C@@H](Cc1ccccc1)C(=O)O.N[C@@H](Cc1cnc[nH]1)C(=O)O. The lowest BCUT2D eigenvalue weighted by Gasteiger charge is -2.04. The number of carboxylic acid groups (broad SMARTS) is 3. The molecule has 1 aromatic heterocycles. The standard InChI is InChI=1S/C9H11NO2.C6H9N3O2.C3H7NO2S/c10-8(9(11)12)6-7-4-2-1-3-5-7;7-5(6(10)11)1-4-2-8-3-9-4;4-2(1-7)3(5)6/h1-5,8H,6,10H2,(H,11,12);2-3,5H,1,7H2,(H,8,9)(H,10,11);2,7H,1,4H2,(H,5,6)/t8-;5-;2-/m000/s1. The molecule has 3 atom stereocenters. The Labute approximate surface area is 178 Å². The predicted octanol–water partition coefficient (Wildman–Crippen LogP) is -0.667. The summed E-state index contributed by atoms with van der Waals surface area (Å²) in [5, 5.41) is 24.9. The Balaban J connectivity index is 0.000000437. The molecule has 2 rings (SSSR count). The van der Waals surface area contributed by atoms with Crippen LogP contribution in [0, 0.1) is 0 Å². The number of H-pyrrole nitrogens is 1. The van der Waals surface area contributed by atoms with Gasteiger partial charge in [0.25, 0.3) is 0 Å². The summed E-state index contributed by atoms with van der Waals surface area (Å²) in [6, 6.07) is 6.88. The van der Waals surface area contributed by atoms with Gasteiger partial charge in [-0.05, 0) is 12.0 Å². The van der Waals surface area contributed by atoms with Crippen LogP contribution < -0.4 is 17.2 Å². The summed E-state index contributed by atoms with van der Waals surface area (Å²) in [5.74, 6) is -2.77. The number of nitrogens with two attached hydrogens (primary N) is 3. The Bertz CT molecular complexity index is 760. The van der Waals surface area contributed by atoms with Gasteiger partial charge in [-0.2, -0.15) is 12.6 Å². The van der Waals surface area contributed by atoms with Gasteiger partial charge < -0.3 is 37.5 Å². The first-order chi connectivity index (χ1) is 14.1. The second-order valence-electron chi connectivity index (χ2n) is 5.99. The molecule has 0 aliphatic carbocycles. The molecule has 0 fully saturated rings. The summed E-state index contributed by atoms with van der Waals surface area (Å²) in [6.07, 6.45) is 3.72. The van der Waals surface area contributed by atoms with Crippen molar-refractivity contribution < 1.29 is 29.7 Å². The molecule has 0 aliphatic rings. The minimum atomic E-state index is -1.00. The van der Waals surface area contributed by atoms with Crippen molar-refractivity contribution in [3.8, 4) is 0 Å². The zero-order valence-corrected chi connectivity index (χ0v) is 17.0. The molecule has 1 aromatic carbocycles. The quantitative estimate of drug-likeness (QED) is 0.241. The highest BCUT2D eigenvalue weighted by Gasteiger charge is 2.12. The average molecular weight is 442 g/mol. The van der Waals surface area contributed by atoms with Gasteiger partial charge in [0.2, 0.25) is 0 Å². The number of nitrogens with one attached hydrogen (secondary N) is 1. The van der Waals surface area contributed by atoms with E-state index in [9.17, 15) is 14.4 Å². The zero-order chi connectivity index (χ0) is 23.1. The predicted molar refractivity (Wildman–Crippen MR) is 113 cm³/mol. The lowest BCUT2D eigenvalue weighted by molar-refractivity contribution is -0.139. The monoisotopic (exact) mass is 441 g/mol. The maximum atomic E-state index is 10.4. The van der Waals surface area contributed by atoms with E-state index in [1.807, 2.05) is 30.3 Å². The Morgan fingerprint density at radius 2 is 1.40 bits per heavy atom. The smallest absolute Gasteiger partial charge is 0.321 e. The number of benzene rings is 1. The highest BCUT2D eigenvalue weighted by atomic mass is 32.1. The van der Waals surface area contributed by atoms with E-state index in [0.29, 0.717) is 6.42 Å². The molecule has 2 aromatic rings. The van der Waals surface area contributed by atoms with Gasteiger partial charge in [-0.3, -0.25) is 14.4 Å². The number of imidazole rings is 1. The Kier molecular flexibility index (Phi) is 13.5. The van der Waals surface area contributed by atoms with Gasteiger partial charge in [0.15, 0.2) is 0 Å². The molecule has 0 spiro atoms. The number of aliphatic carboxylic acids is 3. The number of nitrogens with zero attached hydrogens (tertiary/aromatic N) is 1. The molecule has 0 saturated heterocycles. The van der Waals surface area contributed by atoms with Crippen molar-refractivity contribution in [2.75, 3.05) is 5.75 Å². The first-order valence-electron chi connectivity index (χ1n) is 8.65. The van der Waals surface area contributed by atoms with Crippen LogP contribution in [0.25, 0.3) is 0 Å². The third-order valence-corrected chi connectivity index (χ3v) is 3.83. The van der Waals surface area contributed by atoms with E-state index >= 15 is 0 Å². The summed E-state index contributed by atoms with van der Waals surface area (Å²) in [7, 11) is 0. The largest absolute Gasteiger partial charge is 0.480 e. The van der Waals surface area contributed by atoms with Crippen molar-refractivity contribution in [1.29, 1.82) is 0 Å². The van der Waals surface area contributed by atoms with Crippen molar-refractivity contribution in [3.63, 3.8) is 0 Å². The molecule has 1 heterocycles. The van der Waals surface area contributed by atoms with Crippen molar-refractivity contribution in [1.82, 2.24) is 9.97 Å². The molecule has 30 heavy (non-hydrogen) atoms. The van der Waals surface area contributed by atoms with E-state index in [2.05, 4.69) is 22.6 Å². The van der Waals surface area contributed by atoms with Gasteiger partial charge in [-0.25, -0.2) is 4.98 Å². The molecule has 0 radical (unpaired) electrons. The normalized spacial score (nSPS) is 12.8. The number of carbonyl (C=O) groups is 3. The van der Waals surface area contributed by atoms with E-state index in [4.69, 9.17) is 32.5 Å². The molecule has 10 N–H and O–H groups in total. The van der Waals surface area contributed by atoms with Crippen LogP contribution in [-0.2, 0) is 27.2 Å². The van der Waals surface area contributed by atoms with Crippen molar-refractivity contribution >= 4 is 30.5 Å². The zero-order valence-electron chi connectivity index (χ0n) is 16.1. The van der Waals surface area contributed by atoms with Crippen LogP contribution in [0.4, 0.5) is 0 Å². The highest BCUT2D eigenvalue weighted by molar-refractivity contribution is 7.80. The number of aromatic nitrogens is 2. The maximum Gasteiger partial charge on any atom is 0.321 e. The summed E-state index contributed by atoms with van der Waals surface area (Å²) < 4.78 is 0. The van der Waals surface area contributed by atoms with Crippen LogP contribution in [0.3, 0.4) is 0 Å². The van der Waals surface area contributed by atoms with Crippen molar-refractivity contribution in [2.24, 2.45) is 17.2 Å². The van der Waals surface area contributed by atoms with E-state index in [1.165, 1.54) is 6.33 Å². The minimum Gasteiger partial charge on any atom is -0.480 e. The second kappa shape index (κ2) is 15.0. The lowest BCUT2D eigenvalue weighted by Crippen LogP contribution is -2.32. The third kappa shape index (κ3) is 12.5. The number of aromatic amines is 1. The number of hydrogen-bond acceptors (Lipinski definition) is 8. The fraction of sp³-hybridized carbons (Fsp3) is 0.333.